The summed E-state index contributed by atoms with van der Waals surface area (Å²) in [5, 5.41) is 3.42. The summed E-state index contributed by atoms with van der Waals surface area (Å²) in [6.45, 7) is 11.1. The van der Waals surface area contributed by atoms with Gasteiger partial charge in [0.25, 0.3) is 0 Å². The van der Waals surface area contributed by atoms with Crippen LogP contribution < -0.4 is 10.2 Å². The van der Waals surface area contributed by atoms with E-state index in [-0.39, 0.29) is 5.54 Å². The van der Waals surface area contributed by atoms with Crippen molar-refractivity contribution in [2.75, 3.05) is 30.0 Å². The number of ether oxygens (including phenoxy) is 1. The SMILES string of the molecule is CCC1COCCN1c1cccc(NC(C)(C)C)n1. The predicted octanol–water partition coefficient (Wildman–Crippen LogP) is 2.91. The molecule has 2 rings (SSSR count). The van der Waals surface area contributed by atoms with Crippen LogP contribution in [-0.2, 0) is 4.74 Å². The second kappa shape index (κ2) is 5.78. The summed E-state index contributed by atoms with van der Waals surface area (Å²) in [5.41, 5.74) is 0.0286. The molecule has 19 heavy (non-hydrogen) atoms. The Balaban J connectivity index is 2.17. The lowest BCUT2D eigenvalue weighted by Gasteiger charge is -2.36. The molecule has 0 bridgehead atoms. The molecule has 1 atom stereocenters. The maximum atomic E-state index is 5.55. The number of hydrogen-bond donors (Lipinski definition) is 1. The molecule has 0 radical (unpaired) electrons. The third-order valence-corrected chi connectivity index (χ3v) is 3.23. The lowest BCUT2D eigenvalue weighted by atomic mass is 10.1. The van der Waals surface area contributed by atoms with Gasteiger partial charge in [-0.05, 0) is 39.3 Å². The van der Waals surface area contributed by atoms with Gasteiger partial charge < -0.3 is 15.0 Å². The third kappa shape index (κ3) is 3.83. The lowest BCUT2D eigenvalue weighted by molar-refractivity contribution is 0.0926. The van der Waals surface area contributed by atoms with Crippen molar-refractivity contribution in [2.45, 2.75) is 45.7 Å². The topological polar surface area (TPSA) is 37.4 Å². The van der Waals surface area contributed by atoms with E-state index in [9.17, 15) is 0 Å². The maximum Gasteiger partial charge on any atom is 0.131 e. The first-order chi connectivity index (χ1) is 8.99. The number of nitrogens with zero attached hydrogens (tertiary/aromatic N) is 2. The fraction of sp³-hybridized carbons (Fsp3) is 0.667. The van der Waals surface area contributed by atoms with E-state index in [0.717, 1.165) is 37.8 Å². The first kappa shape index (κ1) is 14.1. The van der Waals surface area contributed by atoms with Crippen LogP contribution in [0, 0.1) is 0 Å². The number of hydrogen-bond acceptors (Lipinski definition) is 4. The highest BCUT2D eigenvalue weighted by Crippen LogP contribution is 2.22. The van der Waals surface area contributed by atoms with E-state index in [1.54, 1.807) is 0 Å². The van der Waals surface area contributed by atoms with Crippen LogP contribution in [0.5, 0.6) is 0 Å². The van der Waals surface area contributed by atoms with E-state index in [4.69, 9.17) is 9.72 Å². The van der Waals surface area contributed by atoms with Gasteiger partial charge in [-0.3, -0.25) is 0 Å². The normalized spacial score (nSPS) is 20.4. The smallest absolute Gasteiger partial charge is 0.131 e. The molecule has 1 unspecified atom stereocenters. The van der Waals surface area contributed by atoms with Gasteiger partial charge in [0, 0.05) is 12.1 Å². The zero-order valence-electron chi connectivity index (χ0n) is 12.4. The maximum absolute atomic E-state index is 5.55. The number of morpholine rings is 1. The van der Waals surface area contributed by atoms with Gasteiger partial charge in [-0.15, -0.1) is 0 Å². The average molecular weight is 263 g/mol. The van der Waals surface area contributed by atoms with Gasteiger partial charge in [-0.2, -0.15) is 0 Å². The fourth-order valence-electron chi connectivity index (χ4n) is 2.33. The first-order valence-electron chi connectivity index (χ1n) is 7.09. The molecule has 1 aliphatic rings. The highest BCUT2D eigenvalue weighted by molar-refractivity contribution is 5.49. The molecule has 0 spiro atoms. The molecule has 1 aliphatic heterocycles. The zero-order chi connectivity index (χ0) is 13.9. The van der Waals surface area contributed by atoms with Gasteiger partial charge in [-0.25, -0.2) is 4.98 Å². The van der Waals surface area contributed by atoms with E-state index in [1.807, 2.05) is 6.07 Å². The minimum Gasteiger partial charge on any atom is -0.377 e. The number of anilines is 2. The third-order valence-electron chi connectivity index (χ3n) is 3.23. The van der Waals surface area contributed by atoms with E-state index in [0.29, 0.717) is 6.04 Å². The minimum absolute atomic E-state index is 0.0286. The monoisotopic (exact) mass is 263 g/mol. The molecule has 0 amide bonds. The van der Waals surface area contributed by atoms with Gasteiger partial charge in [-0.1, -0.05) is 13.0 Å². The highest BCUT2D eigenvalue weighted by Gasteiger charge is 2.23. The van der Waals surface area contributed by atoms with E-state index < -0.39 is 0 Å². The van der Waals surface area contributed by atoms with E-state index in [1.165, 1.54) is 0 Å². The van der Waals surface area contributed by atoms with Crippen molar-refractivity contribution in [3.63, 3.8) is 0 Å². The van der Waals surface area contributed by atoms with Crippen LogP contribution in [0.3, 0.4) is 0 Å². The second-order valence-corrected chi connectivity index (χ2v) is 6.09. The molecular weight excluding hydrogens is 238 g/mol. The van der Waals surface area contributed by atoms with Crippen LogP contribution in [0.2, 0.25) is 0 Å². The standard InChI is InChI=1S/C15H25N3O/c1-5-12-11-19-10-9-18(12)14-8-6-7-13(16-14)17-15(2,3)4/h6-8,12H,5,9-11H2,1-4H3,(H,16,17). The summed E-state index contributed by atoms with van der Waals surface area (Å²) in [7, 11) is 0. The van der Waals surface area contributed by atoms with Crippen molar-refractivity contribution in [2.24, 2.45) is 0 Å². The van der Waals surface area contributed by atoms with E-state index in [2.05, 4.69) is 50.0 Å². The lowest BCUT2D eigenvalue weighted by Crippen LogP contribution is -2.45. The Morgan fingerprint density at radius 3 is 2.89 bits per heavy atom. The Morgan fingerprint density at radius 2 is 2.21 bits per heavy atom. The van der Waals surface area contributed by atoms with E-state index >= 15 is 0 Å². The number of aromatic nitrogens is 1. The highest BCUT2D eigenvalue weighted by atomic mass is 16.5. The Hall–Kier alpha value is -1.29. The molecule has 1 aromatic heterocycles. The molecule has 106 valence electrons. The summed E-state index contributed by atoms with van der Waals surface area (Å²) in [5.74, 6) is 1.98. The quantitative estimate of drug-likeness (QED) is 0.910. The van der Waals surface area contributed by atoms with Crippen LogP contribution in [0.15, 0.2) is 18.2 Å². The fourth-order valence-corrected chi connectivity index (χ4v) is 2.33. The molecule has 2 heterocycles. The van der Waals surface area contributed by atoms with Crippen molar-refractivity contribution < 1.29 is 4.74 Å². The first-order valence-corrected chi connectivity index (χ1v) is 7.09. The molecular formula is C15H25N3O. The van der Waals surface area contributed by atoms with Crippen LogP contribution in [0.1, 0.15) is 34.1 Å². The Morgan fingerprint density at radius 1 is 1.42 bits per heavy atom. The molecule has 0 saturated carbocycles. The Kier molecular flexibility index (Phi) is 4.30. The molecule has 1 fully saturated rings. The van der Waals surface area contributed by atoms with Crippen molar-refractivity contribution in [1.82, 2.24) is 4.98 Å². The number of nitrogens with one attached hydrogen (secondary N) is 1. The second-order valence-electron chi connectivity index (χ2n) is 6.09. The Bertz CT molecular complexity index is 414. The minimum atomic E-state index is 0.0286. The molecule has 1 aromatic rings. The van der Waals surface area contributed by atoms with Crippen molar-refractivity contribution in [3.8, 4) is 0 Å². The molecule has 0 aromatic carbocycles. The van der Waals surface area contributed by atoms with Gasteiger partial charge in [0.05, 0.1) is 19.3 Å². The van der Waals surface area contributed by atoms with Crippen molar-refractivity contribution >= 4 is 11.6 Å². The summed E-state index contributed by atoms with van der Waals surface area (Å²) in [6, 6.07) is 6.61. The van der Waals surface area contributed by atoms with Crippen molar-refractivity contribution in [3.05, 3.63) is 18.2 Å². The van der Waals surface area contributed by atoms with Gasteiger partial charge in [0.1, 0.15) is 11.6 Å². The van der Waals surface area contributed by atoms with Crippen LogP contribution >= 0.6 is 0 Å². The largest absolute Gasteiger partial charge is 0.377 e. The predicted molar refractivity (Wildman–Crippen MR) is 79.9 cm³/mol. The number of pyridine rings is 1. The van der Waals surface area contributed by atoms with Crippen LogP contribution in [0.25, 0.3) is 0 Å². The Labute approximate surface area is 116 Å². The van der Waals surface area contributed by atoms with Gasteiger partial charge in [0.2, 0.25) is 0 Å². The van der Waals surface area contributed by atoms with Crippen molar-refractivity contribution in [1.29, 1.82) is 0 Å². The van der Waals surface area contributed by atoms with Gasteiger partial charge in [0.15, 0.2) is 0 Å². The molecule has 1 N–H and O–H groups in total. The number of rotatable bonds is 3. The zero-order valence-corrected chi connectivity index (χ0v) is 12.4. The molecule has 4 nitrogen and oxygen atoms in total. The summed E-state index contributed by atoms with van der Waals surface area (Å²) in [4.78, 5) is 7.10. The summed E-state index contributed by atoms with van der Waals surface area (Å²) >= 11 is 0. The van der Waals surface area contributed by atoms with Crippen LogP contribution in [-0.4, -0.2) is 36.3 Å². The molecule has 1 saturated heterocycles. The molecule has 0 aliphatic carbocycles. The van der Waals surface area contributed by atoms with Gasteiger partial charge >= 0.3 is 0 Å². The molecule has 4 heteroatoms. The summed E-state index contributed by atoms with van der Waals surface area (Å²) < 4.78 is 5.55. The average Bonchev–Trinajstić information content (AvgIpc) is 2.37. The summed E-state index contributed by atoms with van der Waals surface area (Å²) in [6.07, 6.45) is 1.08. The van der Waals surface area contributed by atoms with Crippen LogP contribution in [0.4, 0.5) is 11.6 Å².